The van der Waals surface area contributed by atoms with E-state index in [0.29, 0.717) is 12.1 Å². The van der Waals surface area contributed by atoms with Gasteiger partial charge in [-0.05, 0) is 56.2 Å². The molecule has 0 amide bonds. The molecule has 1 aliphatic rings. The van der Waals surface area contributed by atoms with Crippen molar-refractivity contribution in [3.63, 3.8) is 0 Å². The zero-order chi connectivity index (χ0) is 15.2. The van der Waals surface area contributed by atoms with Crippen LogP contribution in [0.4, 0.5) is 5.69 Å². The molecule has 0 saturated heterocycles. The Morgan fingerprint density at radius 1 is 1.10 bits per heavy atom. The molecule has 1 aromatic carbocycles. The number of nitrogens with one attached hydrogen (secondary N) is 1. The maximum absolute atomic E-state index is 3.83. The Balaban J connectivity index is 1.83. The molecule has 0 bridgehead atoms. The Morgan fingerprint density at radius 3 is 2.24 bits per heavy atom. The van der Waals surface area contributed by atoms with Crippen LogP contribution in [0.5, 0.6) is 0 Å². The second-order valence-corrected chi connectivity index (χ2v) is 6.88. The van der Waals surface area contributed by atoms with E-state index in [1.807, 2.05) is 0 Å². The third kappa shape index (κ3) is 4.74. The third-order valence-corrected chi connectivity index (χ3v) is 4.94. The summed E-state index contributed by atoms with van der Waals surface area (Å²) in [5.74, 6) is 0.989. The summed E-state index contributed by atoms with van der Waals surface area (Å²) in [6, 6.07) is 10.1. The molecule has 0 radical (unpaired) electrons. The Bertz CT molecular complexity index is 402. The monoisotopic (exact) mass is 288 g/mol. The summed E-state index contributed by atoms with van der Waals surface area (Å²) in [5, 5.41) is 3.83. The first-order valence-electron chi connectivity index (χ1n) is 8.63. The van der Waals surface area contributed by atoms with E-state index in [2.05, 4.69) is 62.4 Å². The topological polar surface area (TPSA) is 15.3 Å². The van der Waals surface area contributed by atoms with Gasteiger partial charge in [0.2, 0.25) is 0 Å². The van der Waals surface area contributed by atoms with E-state index in [0.717, 1.165) is 5.92 Å². The van der Waals surface area contributed by atoms with Crippen molar-refractivity contribution >= 4 is 5.69 Å². The maximum Gasteiger partial charge on any atom is 0.0361 e. The lowest BCUT2D eigenvalue weighted by Crippen LogP contribution is -2.35. The summed E-state index contributed by atoms with van der Waals surface area (Å²) in [6.07, 6.45) is 8.30. The van der Waals surface area contributed by atoms with Crippen LogP contribution in [0.25, 0.3) is 0 Å². The highest BCUT2D eigenvalue weighted by atomic mass is 15.1. The van der Waals surface area contributed by atoms with Crippen molar-refractivity contribution in [1.29, 1.82) is 0 Å². The molecule has 1 unspecified atom stereocenters. The van der Waals surface area contributed by atoms with Gasteiger partial charge in [0, 0.05) is 31.9 Å². The van der Waals surface area contributed by atoms with Crippen LogP contribution in [-0.4, -0.2) is 20.1 Å². The van der Waals surface area contributed by atoms with Gasteiger partial charge in [0.25, 0.3) is 0 Å². The number of nitrogens with zero attached hydrogens (tertiary/aromatic N) is 1. The summed E-state index contributed by atoms with van der Waals surface area (Å²) < 4.78 is 0. The maximum atomic E-state index is 3.83. The highest BCUT2D eigenvalue weighted by molar-refractivity contribution is 5.46. The Morgan fingerprint density at radius 2 is 1.71 bits per heavy atom. The largest absolute Gasteiger partial charge is 0.378 e. The lowest BCUT2D eigenvalue weighted by molar-refractivity contribution is 0.266. The van der Waals surface area contributed by atoms with Gasteiger partial charge < -0.3 is 10.2 Å². The molecule has 2 heteroatoms. The first kappa shape index (κ1) is 16.4. The van der Waals surface area contributed by atoms with Gasteiger partial charge in [-0.15, -0.1) is 0 Å². The molecule has 1 aromatic rings. The SMILES string of the molecule is CCCC1CCC(NC(C)c2ccc(N(C)C)cc2)CC1. The van der Waals surface area contributed by atoms with Gasteiger partial charge in [0.1, 0.15) is 0 Å². The molecule has 118 valence electrons. The minimum Gasteiger partial charge on any atom is -0.378 e. The van der Waals surface area contributed by atoms with Crippen molar-refractivity contribution in [2.45, 2.75) is 64.5 Å². The molecule has 2 nitrogen and oxygen atoms in total. The standard InChI is InChI=1S/C19H32N2/c1-5-6-16-7-11-18(12-8-16)20-15(2)17-9-13-19(14-10-17)21(3)4/h9-10,13-16,18,20H,5-8,11-12H2,1-4H3. The highest BCUT2D eigenvalue weighted by Gasteiger charge is 2.21. The molecule has 1 N–H and O–H groups in total. The third-order valence-electron chi connectivity index (χ3n) is 4.94. The summed E-state index contributed by atoms with van der Waals surface area (Å²) >= 11 is 0. The minimum absolute atomic E-state index is 0.453. The molecule has 0 spiro atoms. The predicted octanol–water partition coefficient (Wildman–Crippen LogP) is 4.76. The second kappa shape index (κ2) is 7.84. The minimum atomic E-state index is 0.453. The van der Waals surface area contributed by atoms with Crippen LogP contribution >= 0.6 is 0 Å². The quantitative estimate of drug-likeness (QED) is 0.811. The molecule has 0 heterocycles. The molecule has 1 aliphatic carbocycles. The van der Waals surface area contributed by atoms with Crippen LogP contribution in [0.2, 0.25) is 0 Å². The molecule has 0 aromatic heterocycles. The number of hydrogen-bond donors (Lipinski definition) is 1. The summed E-state index contributed by atoms with van der Waals surface area (Å²) in [4.78, 5) is 2.15. The molecular weight excluding hydrogens is 256 g/mol. The van der Waals surface area contributed by atoms with Crippen molar-refractivity contribution in [3.05, 3.63) is 29.8 Å². The van der Waals surface area contributed by atoms with E-state index in [1.165, 1.54) is 49.8 Å². The zero-order valence-corrected chi connectivity index (χ0v) is 14.2. The molecule has 21 heavy (non-hydrogen) atoms. The molecule has 1 saturated carbocycles. The van der Waals surface area contributed by atoms with Crippen LogP contribution < -0.4 is 10.2 Å². The van der Waals surface area contributed by atoms with E-state index in [1.54, 1.807) is 0 Å². The summed E-state index contributed by atoms with van der Waals surface area (Å²) in [5.41, 5.74) is 2.67. The van der Waals surface area contributed by atoms with Gasteiger partial charge in [0.05, 0.1) is 0 Å². The Labute approximate surface area is 130 Å². The van der Waals surface area contributed by atoms with Crippen LogP contribution in [0, 0.1) is 5.92 Å². The fourth-order valence-corrected chi connectivity index (χ4v) is 3.54. The van der Waals surface area contributed by atoms with Crippen LogP contribution in [0.15, 0.2) is 24.3 Å². The van der Waals surface area contributed by atoms with Crippen LogP contribution in [-0.2, 0) is 0 Å². The van der Waals surface area contributed by atoms with Gasteiger partial charge in [-0.2, -0.15) is 0 Å². The number of rotatable bonds is 6. The smallest absolute Gasteiger partial charge is 0.0361 e. The first-order valence-corrected chi connectivity index (χ1v) is 8.63. The second-order valence-electron chi connectivity index (χ2n) is 6.88. The normalized spacial score (nSPS) is 23.8. The molecule has 2 rings (SSSR count). The Kier molecular flexibility index (Phi) is 6.10. The number of benzene rings is 1. The highest BCUT2D eigenvalue weighted by Crippen LogP contribution is 2.29. The van der Waals surface area contributed by atoms with Gasteiger partial charge >= 0.3 is 0 Å². The van der Waals surface area contributed by atoms with E-state index in [9.17, 15) is 0 Å². The van der Waals surface area contributed by atoms with Crippen LogP contribution in [0.3, 0.4) is 0 Å². The molecular formula is C19H32N2. The molecule has 1 fully saturated rings. The molecule has 0 aliphatic heterocycles. The van der Waals surface area contributed by atoms with Gasteiger partial charge in [-0.3, -0.25) is 0 Å². The average molecular weight is 288 g/mol. The van der Waals surface area contributed by atoms with Crippen molar-refractivity contribution in [3.8, 4) is 0 Å². The van der Waals surface area contributed by atoms with Crippen molar-refractivity contribution in [2.75, 3.05) is 19.0 Å². The predicted molar refractivity (Wildman–Crippen MR) is 93.0 cm³/mol. The van der Waals surface area contributed by atoms with Crippen molar-refractivity contribution in [2.24, 2.45) is 5.92 Å². The Hall–Kier alpha value is -1.02. The lowest BCUT2D eigenvalue weighted by Gasteiger charge is -2.31. The first-order chi connectivity index (χ1) is 10.1. The van der Waals surface area contributed by atoms with Gasteiger partial charge in [-0.1, -0.05) is 31.9 Å². The van der Waals surface area contributed by atoms with E-state index in [4.69, 9.17) is 0 Å². The molecule has 1 atom stereocenters. The van der Waals surface area contributed by atoms with E-state index >= 15 is 0 Å². The van der Waals surface area contributed by atoms with E-state index < -0.39 is 0 Å². The fourth-order valence-electron chi connectivity index (χ4n) is 3.54. The van der Waals surface area contributed by atoms with E-state index in [-0.39, 0.29) is 0 Å². The fraction of sp³-hybridized carbons (Fsp3) is 0.684. The lowest BCUT2D eigenvalue weighted by atomic mass is 9.83. The number of hydrogen-bond acceptors (Lipinski definition) is 2. The number of anilines is 1. The average Bonchev–Trinajstić information content (AvgIpc) is 2.49. The summed E-state index contributed by atoms with van der Waals surface area (Å²) in [6.45, 7) is 4.60. The summed E-state index contributed by atoms with van der Waals surface area (Å²) in [7, 11) is 4.18. The van der Waals surface area contributed by atoms with Crippen LogP contribution in [0.1, 0.15) is 64.0 Å². The van der Waals surface area contributed by atoms with Gasteiger partial charge in [0.15, 0.2) is 0 Å². The van der Waals surface area contributed by atoms with Gasteiger partial charge in [-0.25, -0.2) is 0 Å². The van der Waals surface area contributed by atoms with Crippen molar-refractivity contribution in [1.82, 2.24) is 5.32 Å². The zero-order valence-electron chi connectivity index (χ0n) is 14.2. The van der Waals surface area contributed by atoms with Crippen molar-refractivity contribution < 1.29 is 0 Å².